The van der Waals surface area contributed by atoms with Crippen LogP contribution in [0.5, 0.6) is 0 Å². The molecule has 1 aromatic carbocycles. The van der Waals surface area contributed by atoms with E-state index in [4.69, 9.17) is 4.74 Å². The van der Waals surface area contributed by atoms with Gasteiger partial charge in [-0.25, -0.2) is 0 Å². The molecule has 1 saturated heterocycles. The van der Waals surface area contributed by atoms with Gasteiger partial charge in [-0.2, -0.15) is 11.8 Å². The van der Waals surface area contributed by atoms with Gasteiger partial charge in [-0.3, -0.25) is 9.00 Å². The van der Waals surface area contributed by atoms with E-state index in [1.165, 1.54) is 0 Å². The van der Waals surface area contributed by atoms with Gasteiger partial charge in [0.25, 0.3) is 0 Å². The summed E-state index contributed by atoms with van der Waals surface area (Å²) in [6.07, 6.45) is 6.23. The Morgan fingerprint density at radius 3 is 2.65 bits per heavy atom. The molecule has 1 aliphatic carbocycles. The molecule has 3 nitrogen and oxygen atoms in total. The number of thioether (sulfide) groups is 1. The molecule has 1 aromatic rings. The first-order valence-corrected chi connectivity index (χ1v) is 8.93. The summed E-state index contributed by atoms with van der Waals surface area (Å²) in [6, 6.07) is 7.50. The van der Waals surface area contributed by atoms with Crippen LogP contribution in [0.3, 0.4) is 0 Å². The lowest BCUT2D eigenvalue weighted by Crippen LogP contribution is -2.59. The second kappa shape index (κ2) is 5.04. The molecular weight excluding hydrogens is 292 g/mol. The topological polar surface area (TPSA) is 43.4 Å². The number of rotatable bonds is 3. The van der Waals surface area contributed by atoms with E-state index in [0.29, 0.717) is 4.90 Å². The molecule has 0 radical (unpaired) electrons. The number of benzene rings is 1. The van der Waals surface area contributed by atoms with Crippen molar-refractivity contribution in [2.75, 3.05) is 6.26 Å². The number of fused-ring (bicyclic) bond motifs is 2. The molecule has 0 spiro atoms. The van der Waals surface area contributed by atoms with Crippen molar-refractivity contribution in [2.24, 2.45) is 0 Å². The third kappa shape index (κ3) is 1.95. The molecule has 4 rings (SSSR count). The molecule has 1 fully saturated rings. The first kappa shape index (κ1) is 13.9. The first-order chi connectivity index (χ1) is 9.57. The van der Waals surface area contributed by atoms with Crippen LogP contribution in [0.2, 0.25) is 0 Å². The standard InChI is InChI=1S/C15H16O3S2/c1-10-3-5-12(6-4-10)20(17)15-8-7-11(18-14(15)16)9-13(15)19-2/h3-8,11,13H,9H2,1-2H3/t11-,13+,15-,20?/m0/s1. The summed E-state index contributed by atoms with van der Waals surface area (Å²) in [5.74, 6) is -0.352. The molecule has 0 aromatic heterocycles. The molecule has 0 N–H and O–H groups in total. The fourth-order valence-corrected chi connectivity index (χ4v) is 5.69. The van der Waals surface area contributed by atoms with Crippen molar-refractivity contribution in [1.82, 2.24) is 0 Å². The van der Waals surface area contributed by atoms with Gasteiger partial charge in [0.05, 0.1) is 10.8 Å². The molecule has 106 valence electrons. The van der Waals surface area contributed by atoms with Gasteiger partial charge in [0.15, 0.2) is 4.75 Å². The molecule has 20 heavy (non-hydrogen) atoms. The predicted octanol–water partition coefficient (Wildman–Crippen LogP) is 2.46. The van der Waals surface area contributed by atoms with E-state index in [1.807, 2.05) is 49.6 Å². The molecule has 2 bridgehead atoms. The van der Waals surface area contributed by atoms with Crippen LogP contribution >= 0.6 is 11.8 Å². The summed E-state index contributed by atoms with van der Waals surface area (Å²) in [5.41, 5.74) is 1.11. The maximum Gasteiger partial charge on any atom is 0.330 e. The lowest BCUT2D eigenvalue weighted by atomic mass is 9.89. The third-order valence-electron chi connectivity index (χ3n) is 3.89. The fraction of sp³-hybridized carbons (Fsp3) is 0.400. The van der Waals surface area contributed by atoms with Crippen LogP contribution < -0.4 is 0 Å². The maximum atomic E-state index is 13.0. The van der Waals surface area contributed by atoms with Crippen LogP contribution in [-0.4, -0.2) is 32.5 Å². The molecule has 3 aliphatic rings. The average molecular weight is 308 g/mol. The van der Waals surface area contributed by atoms with E-state index in [0.717, 1.165) is 12.0 Å². The van der Waals surface area contributed by atoms with Crippen LogP contribution in [0.25, 0.3) is 0 Å². The maximum absolute atomic E-state index is 13.0. The minimum absolute atomic E-state index is 0.000821. The third-order valence-corrected chi connectivity index (χ3v) is 7.07. The highest BCUT2D eigenvalue weighted by Gasteiger charge is 2.57. The monoisotopic (exact) mass is 308 g/mol. The summed E-state index contributed by atoms with van der Waals surface area (Å²) in [7, 11) is -1.44. The van der Waals surface area contributed by atoms with Gasteiger partial charge in [0.2, 0.25) is 0 Å². The van der Waals surface area contributed by atoms with Gasteiger partial charge >= 0.3 is 5.97 Å². The minimum Gasteiger partial charge on any atom is -0.457 e. The molecule has 1 unspecified atom stereocenters. The number of hydrogen-bond donors (Lipinski definition) is 0. The Morgan fingerprint density at radius 1 is 1.35 bits per heavy atom. The van der Waals surface area contributed by atoms with E-state index in [2.05, 4.69) is 0 Å². The van der Waals surface area contributed by atoms with Crippen molar-refractivity contribution in [3.8, 4) is 0 Å². The summed E-state index contributed by atoms with van der Waals surface area (Å²) in [4.78, 5) is 13.0. The number of hydrogen-bond acceptors (Lipinski definition) is 4. The van der Waals surface area contributed by atoms with E-state index < -0.39 is 15.5 Å². The van der Waals surface area contributed by atoms with Crippen molar-refractivity contribution in [3.05, 3.63) is 42.0 Å². The highest BCUT2D eigenvalue weighted by Crippen LogP contribution is 2.44. The normalized spacial score (nSPS) is 33.0. The molecule has 2 heterocycles. The Labute approximate surface area is 125 Å². The lowest BCUT2D eigenvalue weighted by Gasteiger charge is -2.44. The van der Waals surface area contributed by atoms with Crippen LogP contribution in [0.15, 0.2) is 41.3 Å². The van der Waals surface area contributed by atoms with E-state index in [9.17, 15) is 9.00 Å². The van der Waals surface area contributed by atoms with E-state index >= 15 is 0 Å². The number of esters is 1. The van der Waals surface area contributed by atoms with Gasteiger partial charge in [-0.15, -0.1) is 0 Å². The van der Waals surface area contributed by atoms with Crippen molar-refractivity contribution in [2.45, 2.75) is 34.3 Å². The number of carbonyl (C=O) groups excluding carboxylic acids is 1. The number of carbonyl (C=O) groups is 1. The zero-order valence-corrected chi connectivity index (χ0v) is 13.0. The fourth-order valence-electron chi connectivity index (χ4n) is 2.72. The van der Waals surface area contributed by atoms with E-state index in [-0.39, 0.29) is 17.3 Å². The zero-order chi connectivity index (χ0) is 14.3. The van der Waals surface area contributed by atoms with Crippen LogP contribution in [0.1, 0.15) is 12.0 Å². The lowest BCUT2D eigenvalue weighted by molar-refractivity contribution is -0.154. The van der Waals surface area contributed by atoms with Crippen molar-refractivity contribution in [1.29, 1.82) is 0 Å². The smallest absolute Gasteiger partial charge is 0.330 e. The summed E-state index contributed by atoms with van der Waals surface area (Å²) in [6.45, 7) is 1.98. The SMILES string of the molecule is CS[C@@H]1C[C@@H]2C=C[C@@]1(S(=O)c1ccc(C)cc1)C(=O)O2. The summed E-state index contributed by atoms with van der Waals surface area (Å²) < 4.78 is 17.3. The zero-order valence-electron chi connectivity index (χ0n) is 11.4. The van der Waals surface area contributed by atoms with Crippen LogP contribution in [0, 0.1) is 6.92 Å². The van der Waals surface area contributed by atoms with Crippen molar-refractivity contribution >= 4 is 28.5 Å². The Kier molecular flexibility index (Phi) is 3.50. The minimum atomic E-state index is -1.44. The second-order valence-corrected chi connectivity index (χ2v) is 7.86. The highest BCUT2D eigenvalue weighted by molar-refractivity contribution is 8.00. The summed E-state index contributed by atoms with van der Waals surface area (Å²) in [5, 5.41) is 0.000821. The van der Waals surface area contributed by atoms with Crippen molar-refractivity contribution in [3.63, 3.8) is 0 Å². The van der Waals surface area contributed by atoms with Gasteiger partial charge in [-0.05, 0) is 31.4 Å². The van der Waals surface area contributed by atoms with Crippen LogP contribution in [0.4, 0.5) is 0 Å². The predicted molar refractivity (Wildman–Crippen MR) is 81.3 cm³/mol. The first-order valence-electron chi connectivity index (χ1n) is 6.49. The quantitative estimate of drug-likeness (QED) is 0.635. The Morgan fingerprint density at radius 2 is 2.05 bits per heavy atom. The Hall–Kier alpha value is -1.07. The van der Waals surface area contributed by atoms with Gasteiger partial charge in [0.1, 0.15) is 6.10 Å². The Bertz CT molecular complexity index is 594. The van der Waals surface area contributed by atoms with Crippen molar-refractivity contribution < 1.29 is 13.7 Å². The molecular formula is C15H16O3S2. The van der Waals surface area contributed by atoms with Crippen LogP contribution in [-0.2, 0) is 20.3 Å². The number of ether oxygens (including phenoxy) is 1. The second-order valence-electron chi connectivity index (χ2n) is 5.14. The van der Waals surface area contributed by atoms with Gasteiger partial charge in [0, 0.05) is 16.6 Å². The average Bonchev–Trinajstić information content (AvgIpc) is 2.47. The number of aryl methyl sites for hydroxylation is 1. The molecule has 4 atom stereocenters. The Balaban J connectivity index is 2.06. The largest absolute Gasteiger partial charge is 0.457 e. The molecule has 0 amide bonds. The summed E-state index contributed by atoms with van der Waals surface area (Å²) >= 11 is 1.59. The molecule has 2 aliphatic heterocycles. The highest BCUT2D eigenvalue weighted by atomic mass is 32.2. The van der Waals surface area contributed by atoms with Gasteiger partial charge in [-0.1, -0.05) is 23.8 Å². The molecule has 5 heteroatoms. The van der Waals surface area contributed by atoms with E-state index in [1.54, 1.807) is 11.8 Å². The van der Waals surface area contributed by atoms with Gasteiger partial charge < -0.3 is 4.74 Å². The molecule has 0 saturated carbocycles.